The summed E-state index contributed by atoms with van der Waals surface area (Å²) in [5.74, 6) is -0.112. The summed E-state index contributed by atoms with van der Waals surface area (Å²) in [6.07, 6.45) is -2.05. The molecule has 0 spiro atoms. The predicted molar refractivity (Wildman–Crippen MR) is 49.8 cm³/mol. The number of aromatic nitrogens is 1. The zero-order valence-corrected chi connectivity index (χ0v) is 8.37. The number of pyridine rings is 1. The van der Waals surface area contributed by atoms with E-state index < -0.39 is 12.0 Å². The van der Waals surface area contributed by atoms with Crippen molar-refractivity contribution >= 4 is 0 Å². The number of methoxy groups -OCH3 is 1. The van der Waals surface area contributed by atoms with Gasteiger partial charge in [0.25, 0.3) is 6.43 Å². The van der Waals surface area contributed by atoms with Gasteiger partial charge in [0.15, 0.2) is 0 Å². The summed E-state index contributed by atoms with van der Waals surface area (Å²) in [4.78, 5) is 3.66. The van der Waals surface area contributed by atoms with Gasteiger partial charge in [0.1, 0.15) is 17.5 Å². The first-order valence-electron chi connectivity index (χ1n) is 4.26. The summed E-state index contributed by atoms with van der Waals surface area (Å²) in [5.41, 5.74) is -0.674. The normalized spacial score (nSPS) is 9.62. The summed E-state index contributed by atoms with van der Waals surface area (Å²) in [6.45, 7) is 0. The zero-order chi connectivity index (χ0) is 12.1. The number of halogens is 2. The van der Waals surface area contributed by atoms with Crippen LogP contribution in [0.2, 0.25) is 0 Å². The standard InChI is InChI=1S/C10H7F2N3O/c1-16-8-5-15-7(4-14)6(2-3-13)9(8)10(11)12/h5,10H,2H2,1H3. The molecule has 82 valence electrons. The maximum absolute atomic E-state index is 12.8. The van der Waals surface area contributed by atoms with E-state index in [2.05, 4.69) is 4.98 Å². The Hall–Kier alpha value is -2.21. The van der Waals surface area contributed by atoms with Crippen LogP contribution in [0.4, 0.5) is 8.78 Å². The van der Waals surface area contributed by atoms with E-state index in [0.717, 1.165) is 6.20 Å². The molecule has 1 rings (SSSR count). The van der Waals surface area contributed by atoms with Gasteiger partial charge in [0, 0.05) is 5.56 Å². The first-order valence-corrected chi connectivity index (χ1v) is 4.26. The van der Waals surface area contributed by atoms with Crippen LogP contribution in [-0.2, 0) is 6.42 Å². The van der Waals surface area contributed by atoms with Crippen LogP contribution in [0.3, 0.4) is 0 Å². The van der Waals surface area contributed by atoms with Gasteiger partial charge in [0.2, 0.25) is 0 Å². The number of rotatable bonds is 3. The number of alkyl halides is 2. The Kier molecular flexibility index (Phi) is 3.73. The number of nitriles is 2. The quantitative estimate of drug-likeness (QED) is 0.785. The second kappa shape index (κ2) is 5.04. The molecule has 1 heterocycles. The fourth-order valence-electron chi connectivity index (χ4n) is 1.30. The van der Waals surface area contributed by atoms with Gasteiger partial charge < -0.3 is 4.74 Å². The zero-order valence-electron chi connectivity index (χ0n) is 8.37. The Balaban J connectivity index is 3.49. The minimum absolute atomic E-state index is 0.0700. The third kappa shape index (κ3) is 2.06. The van der Waals surface area contributed by atoms with Crippen molar-refractivity contribution in [3.05, 3.63) is 23.0 Å². The number of ether oxygens (including phenoxy) is 1. The summed E-state index contributed by atoms with van der Waals surface area (Å²) in [7, 11) is 1.23. The van der Waals surface area contributed by atoms with Gasteiger partial charge in [-0.15, -0.1) is 0 Å². The average Bonchev–Trinajstić information content (AvgIpc) is 2.28. The highest BCUT2D eigenvalue weighted by atomic mass is 19.3. The number of nitrogens with zero attached hydrogens (tertiary/aromatic N) is 3. The van der Waals surface area contributed by atoms with E-state index in [1.807, 2.05) is 0 Å². The van der Waals surface area contributed by atoms with Crippen LogP contribution in [0, 0.1) is 22.7 Å². The molecule has 0 fully saturated rings. The van der Waals surface area contributed by atoms with Crippen LogP contribution < -0.4 is 4.74 Å². The molecule has 0 aliphatic carbocycles. The van der Waals surface area contributed by atoms with Crippen LogP contribution in [0.5, 0.6) is 5.75 Å². The van der Waals surface area contributed by atoms with E-state index in [9.17, 15) is 8.78 Å². The van der Waals surface area contributed by atoms with E-state index in [1.54, 1.807) is 12.1 Å². The van der Waals surface area contributed by atoms with Gasteiger partial charge in [-0.2, -0.15) is 10.5 Å². The number of hydrogen-bond acceptors (Lipinski definition) is 4. The molecular weight excluding hydrogens is 216 g/mol. The molecule has 0 radical (unpaired) electrons. The Morgan fingerprint density at radius 1 is 1.50 bits per heavy atom. The third-order valence-corrected chi connectivity index (χ3v) is 1.99. The predicted octanol–water partition coefficient (Wildman–Crippen LogP) is 1.97. The molecule has 6 heteroatoms. The summed E-state index contributed by atoms with van der Waals surface area (Å²) < 4.78 is 30.3. The molecule has 16 heavy (non-hydrogen) atoms. The minimum Gasteiger partial charge on any atom is -0.495 e. The molecule has 0 aliphatic heterocycles. The Bertz CT molecular complexity index is 474. The Labute approximate surface area is 90.7 Å². The topological polar surface area (TPSA) is 69.7 Å². The smallest absolute Gasteiger partial charge is 0.267 e. The first kappa shape index (κ1) is 11.9. The molecule has 0 unspecified atom stereocenters. The first-order chi connectivity index (χ1) is 7.65. The highest BCUT2D eigenvalue weighted by molar-refractivity contribution is 5.47. The molecule has 4 nitrogen and oxygen atoms in total. The molecule has 1 aromatic rings. The van der Waals surface area contributed by atoms with Gasteiger partial charge in [-0.1, -0.05) is 0 Å². The van der Waals surface area contributed by atoms with Gasteiger partial charge in [0.05, 0.1) is 31.4 Å². The van der Waals surface area contributed by atoms with E-state index in [1.165, 1.54) is 7.11 Å². The van der Waals surface area contributed by atoms with Crippen molar-refractivity contribution in [2.45, 2.75) is 12.8 Å². The van der Waals surface area contributed by atoms with Crippen molar-refractivity contribution in [2.24, 2.45) is 0 Å². The van der Waals surface area contributed by atoms with Crippen molar-refractivity contribution < 1.29 is 13.5 Å². The van der Waals surface area contributed by atoms with Gasteiger partial charge >= 0.3 is 0 Å². The molecule has 0 aromatic carbocycles. The lowest BCUT2D eigenvalue weighted by molar-refractivity contribution is 0.146. The second-order valence-electron chi connectivity index (χ2n) is 2.81. The molecule has 1 aromatic heterocycles. The van der Waals surface area contributed by atoms with Crippen LogP contribution in [0.25, 0.3) is 0 Å². The molecule has 0 amide bonds. The molecule has 0 N–H and O–H groups in total. The Morgan fingerprint density at radius 2 is 2.19 bits per heavy atom. The third-order valence-electron chi connectivity index (χ3n) is 1.99. The van der Waals surface area contributed by atoms with Gasteiger partial charge in [-0.3, -0.25) is 0 Å². The second-order valence-corrected chi connectivity index (χ2v) is 2.81. The molecule has 0 saturated carbocycles. The van der Waals surface area contributed by atoms with Crippen molar-refractivity contribution in [2.75, 3.05) is 7.11 Å². The minimum atomic E-state index is -2.81. The molecule has 0 saturated heterocycles. The summed E-state index contributed by atoms with van der Waals surface area (Å²) in [6, 6.07) is 3.40. The lowest BCUT2D eigenvalue weighted by atomic mass is 10.0. The van der Waals surface area contributed by atoms with E-state index in [4.69, 9.17) is 15.3 Å². The Morgan fingerprint density at radius 3 is 2.62 bits per heavy atom. The van der Waals surface area contributed by atoms with Crippen LogP contribution in [-0.4, -0.2) is 12.1 Å². The van der Waals surface area contributed by atoms with Crippen LogP contribution in [0.1, 0.15) is 23.2 Å². The summed E-state index contributed by atoms with van der Waals surface area (Å²) in [5, 5.41) is 17.2. The summed E-state index contributed by atoms with van der Waals surface area (Å²) >= 11 is 0. The van der Waals surface area contributed by atoms with Crippen molar-refractivity contribution in [3.63, 3.8) is 0 Å². The van der Waals surface area contributed by atoms with Crippen molar-refractivity contribution in [3.8, 4) is 17.9 Å². The van der Waals surface area contributed by atoms with Gasteiger partial charge in [-0.05, 0) is 0 Å². The van der Waals surface area contributed by atoms with E-state index in [0.29, 0.717) is 0 Å². The molecule has 0 aliphatic rings. The van der Waals surface area contributed by atoms with Gasteiger partial charge in [-0.25, -0.2) is 13.8 Å². The maximum atomic E-state index is 12.8. The number of hydrogen-bond donors (Lipinski definition) is 0. The maximum Gasteiger partial charge on any atom is 0.267 e. The lowest BCUT2D eigenvalue weighted by Gasteiger charge is -2.11. The largest absolute Gasteiger partial charge is 0.495 e. The fourth-order valence-corrected chi connectivity index (χ4v) is 1.30. The average molecular weight is 223 g/mol. The van der Waals surface area contributed by atoms with Crippen molar-refractivity contribution in [1.29, 1.82) is 10.5 Å². The highest BCUT2D eigenvalue weighted by Gasteiger charge is 2.22. The van der Waals surface area contributed by atoms with Crippen molar-refractivity contribution in [1.82, 2.24) is 4.98 Å². The monoisotopic (exact) mass is 223 g/mol. The van der Waals surface area contributed by atoms with Crippen LogP contribution >= 0.6 is 0 Å². The highest BCUT2D eigenvalue weighted by Crippen LogP contribution is 2.33. The molecule has 0 atom stereocenters. The van der Waals surface area contributed by atoms with Crippen LogP contribution in [0.15, 0.2) is 6.20 Å². The fraction of sp³-hybridized carbons (Fsp3) is 0.300. The molecular formula is C10H7F2N3O. The van der Waals surface area contributed by atoms with E-state index >= 15 is 0 Å². The SMILES string of the molecule is COc1cnc(C#N)c(CC#N)c1C(F)F. The lowest BCUT2D eigenvalue weighted by Crippen LogP contribution is -2.04. The van der Waals surface area contributed by atoms with E-state index in [-0.39, 0.29) is 23.4 Å². The molecule has 0 bridgehead atoms.